The van der Waals surface area contributed by atoms with Gasteiger partial charge in [0.2, 0.25) is 0 Å². The van der Waals surface area contributed by atoms with Gasteiger partial charge in [-0.25, -0.2) is 0 Å². The number of aryl methyl sites for hydroxylation is 1. The Morgan fingerprint density at radius 1 is 1.04 bits per heavy atom. The number of H-pyrrole nitrogens is 1. The predicted molar refractivity (Wildman–Crippen MR) is 93.5 cm³/mol. The molecule has 122 valence electrons. The third kappa shape index (κ3) is 2.93. The average molecular weight is 321 g/mol. The molecule has 5 heteroatoms. The molecule has 0 saturated carbocycles. The van der Waals surface area contributed by atoms with Crippen LogP contribution in [0.1, 0.15) is 11.1 Å². The number of fused-ring (bicyclic) bond motifs is 1. The largest absolute Gasteiger partial charge is 0.486 e. The van der Waals surface area contributed by atoms with Crippen LogP contribution in [0.25, 0.3) is 11.3 Å². The van der Waals surface area contributed by atoms with Gasteiger partial charge in [-0.05, 0) is 37.3 Å². The molecule has 24 heavy (non-hydrogen) atoms. The lowest BCUT2D eigenvalue weighted by molar-refractivity contribution is 0.171. The molecule has 0 radical (unpaired) electrons. The molecule has 3 aromatic rings. The summed E-state index contributed by atoms with van der Waals surface area (Å²) in [6.45, 7) is 3.96. The van der Waals surface area contributed by atoms with E-state index < -0.39 is 0 Å². The van der Waals surface area contributed by atoms with Crippen molar-refractivity contribution < 1.29 is 9.47 Å². The minimum Gasteiger partial charge on any atom is -0.486 e. The van der Waals surface area contributed by atoms with Gasteiger partial charge >= 0.3 is 0 Å². The minimum atomic E-state index is 0.585. The number of anilines is 1. The van der Waals surface area contributed by atoms with E-state index in [1.165, 1.54) is 5.56 Å². The van der Waals surface area contributed by atoms with Gasteiger partial charge in [0.1, 0.15) is 13.2 Å². The third-order valence-electron chi connectivity index (χ3n) is 4.08. The second-order valence-corrected chi connectivity index (χ2v) is 5.85. The molecule has 0 saturated heterocycles. The van der Waals surface area contributed by atoms with Crippen LogP contribution in [0, 0.1) is 6.92 Å². The SMILES string of the molecule is Cc1ccc(NCc2cn[nH]c2-c2ccc3c(c2)OCCO3)cc1. The molecule has 1 aliphatic rings. The lowest BCUT2D eigenvalue weighted by Gasteiger charge is -2.18. The van der Waals surface area contributed by atoms with E-state index in [4.69, 9.17) is 9.47 Å². The van der Waals surface area contributed by atoms with Crippen LogP contribution in [0.3, 0.4) is 0 Å². The molecule has 1 aromatic heterocycles. The molecule has 0 unspecified atom stereocenters. The summed E-state index contributed by atoms with van der Waals surface area (Å²) < 4.78 is 11.2. The van der Waals surface area contributed by atoms with Crippen molar-refractivity contribution in [1.29, 1.82) is 0 Å². The van der Waals surface area contributed by atoms with Gasteiger partial charge in [0.25, 0.3) is 0 Å². The Balaban J connectivity index is 1.55. The fraction of sp³-hybridized carbons (Fsp3) is 0.211. The number of aromatic amines is 1. The molecular formula is C19H19N3O2. The van der Waals surface area contributed by atoms with Crippen LogP contribution in [-0.4, -0.2) is 23.4 Å². The molecule has 0 spiro atoms. The molecule has 5 nitrogen and oxygen atoms in total. The number of nitrogens with one attached hydrogen (secondary N) is 2. The van der Waals surface area contributed by atoms with E-state index in [9.17, 15) is 0 Å². The van der Waals surface area contributed by atoms with Gasteiger partial charge in [-0.1, -0.05) is 17.7 Å². The van der Waals surface area contributed by atoms with Gasteiger partial charge in [0.15, 0.2) is 11.5 Å². The smallest absolute Gasteiger partial charge is 0.162 e. The molecule has 2 heterocycles. The Kier molecular flexibility index (Phi) is 3.83. The fourth-order valence-electron chi connectivity index (χ4n) is 2.76. The van der Waals surface area contributed by atoms with E-state index in [0.717, 1.165) is 34.0 Å². The highest BCUT2D eigenvalue weighted by molar-refractivity contribution is 5.67. The number of nitrogens with zero attached hydrogens (tertiary/aromatic N) is 1. The number of hydrogen-bond donors (Lipinski definition) is 2. The van der Waals surface area contributed by atoms with E-state index in [1.807, 2.05) is 24.4 Å². The van der Waals surface area contributed by atoms with Gasteiger partial charge < -0.3 is 14.8 Å². The van der Waals surface area contributed by atoms with Crippen molar-refractivity contribution in [3.05, 3.63) is 59.8 Å². The second kappa shape index (κ2) is 6.28. The summed E-state index contributed by atoms with van der Waals surface area (Å²) in [6, 6.07) is 14.3. The first-order valence-electron chi connectivity index (χ1n) is 8.02. The molecule has 0 fully saturated rings. The van der Waals surface area contributed by atoms with Crippen LogP contribution < -0.4 is 14.8 Å². The Morgan fingerprint density at radius 3 is 2.67 bits per heavy atom. The van der Waals surface area contributed by atoms with Crippen molar-refractivity contribution >= 4 is 5.69 Å². The molecule has 0 aliphatic carbocycles. The molecule has 0 atom stereocenters. The highest BCUT2D eigenvalue weighted by atomic mass is 16.6. The van der Waals surface area contributed by atoms with Crippen molar-refractivity contribution in [2.75, 3.05) is 18.5 Å². The molecule has 2 N–H and O–H groups in total. The number of benzene rings is 2. The molecule has 0 bridgehead atoms. The van der Waals surface area contributed by atoms with Crippen molar-refractivity contribution in [3.63, 3.8) is 0 Å². The lowest BCUT2D eigenvalue weighted by Crippen LogP contribution is -2.15. The molecule has 0 amide bonds. The topological polar surface area (TPSA) is 59.2 Å². The second-order valence-electron chi connectivity index (χ2n) is 5.85. The van der Waals surface area contributed by atoms with Gasteiger partial charge in [-0.15, -0.1) is 0 Å². The van der Waals surface area contributed by atoms with Crippen molar-refractivity contribution in [2.24, 2.45) is 0 Å². The number of aromatic nitrogens is 2. The maximum atomic E-state index is 5.67. The summed E-state index contributed by atoms with van der Waals surface area (Å²) in [5.74, 6) is 1.58. The van der Waals surface area contributed by atoms with Crippen LogP contribution in [0.2, 0.25) is 0 Å². The Labute approximate surface area is 140 Å². The standard InChI is InChI=1S/C19H19N3O2/c1-13-2-5-16(6-3-13)20-11-15-12-21-22-19(15)14-4-7-17-18(10-14)24-9-8-23-17/h2-7,10,12,20H,8-9,11H2,1H3,(H,21,22). The quantitative estimate of drug-likeness (QED) is 0.768. The zero-order chi connectivity index (χ0) is 16.4. The maximum Gasteiger partial charge on any atom is 0.162 e. The maximum absolute atomic E-state index is 5.67. The highest BCUT2D eigenvalue weighted by Crippen LogP contribution is 2.34. The first-order chi connectivity index (χ1) is 11.8. The van der Waals surface area contributed by atoms with Crippen molar-refractivity contribution in [2.45, 2.75) is 13.5 Å². The van der Waals surface area contributed by atoms with Crippen LogP contribution in [-0.2, 0) is 6.54 Å². The van der Waals surface area contributed by atoms with Crippen molar-refractivity contribution in [3.8, 4) is 22.8 Å². The summed E-state index contributed by atoms with van der Waals surface area (Å²) in [4.78, 5) is 0. The lowest BCUT2D eigenvalue weighted by atomic mass is 10.1. The number of rotatable bonds is 4. The molecule has 2 aromatic carbocycles. The highest BCUT2D eigenvalue weighted by Gasteiger charge is 2.15. The van der Waals surface area contributed by atoms with Crippen LogP contribution in [0.4, 0.5) is 5.69 Å². The summed E-state index contributed by atoms with van der Waals surface area (Å²) in [5.41, 5.74) is 5.48. The first kappa shape index (κ1) is 14.6. The number of hydrogen-bond acceptors (Lipinski definition) is 4. The Morgan fingerprint density at radius 2 is 1.83 bits per heavy atom. The van der Waals surface area contributed by atoms with Crippen LogP contribution >= 0.6 is 0 Å². The fourth-order valence-corrected chi connectivity index (χ4v) is 2.76. The summed E-state index contributed by atoms with van der Waals surface area (Å²) in [7, 11) is 0. The zero-order valence-electron chi connectivity index (χ0n) is 13.5. The molecule has 1 aliphatic heterocycles. The third-order valence-corrected chi connectivity index (χ3v) is 4.08. The average Bonchev–Trinajstić information content (AvgIpc) is 3.09. The monoisotopic (exact) mass is 321 g/mol. The van der Waals surface area contributed by atoms with Crippen LogP contribution in [0.5, 0.6) is 11.5 Å². The Bertz CT molecular complexity index is 840. The number of ether oxygens (including phenoxy) is 2. The van der Waals surface area contributed by atoms with Gasteiger partial charge in [-0.2, -0.15) is 5.10 Å². The zero-order valence-corrected chi connectivity index (χ0v) is 13.5. The van der Waals surface area contributed by atoms with Gasteiger partial charge in [0.05, 0.1) is 11.9 Å². The van der Waals surface area contributed by atoms with Gasteiger partial charge in [0, 0.05) is 23.4 Å². The molecule has 4 rings (SSSR count). The molecular weight excluding hydrogens is 302 g/mol. The first-order valence-corrected chi connectivity index (χ1v) is 8.02. The summed E-state index contributed by atoms with van der Waals surface area (Å²) in [6.07, 6.45) is 1.85. The van der Waals surface area contributed by atoms with Crippen molar-refractivity contribution in [1.82, 2.24) is 10.2 Å². The van der Waals surface area contributed by atoms with E-state index in [2.05, 4.69) is 46.7 Å². The van der Waals surface area contributed by atoms with E-state index in [0.29, 0.717) is 19.8 Å². The Hall–Kier alpha value is -2.95. The van der Waals surface area contributed by atoms with E-state index >= 15 is 0 Å². The summed E-state index contributed by atoms with van der Waals surface area (Å²) >= 11 is 0. The van der Waals surface area contributed by atoms with Gasteiger partial charge in [-0.3, -0.25) is 5.10 Å². The predicted octanol–water partition coefficient (Wildman–Crippen LogP) is 3.77. The summed E-state index contributed by atoms with van der Waals surface area (Å²) in [5, 5.41) is 10.7. The van der Waals surface area contributed by atoms with E-state index in [-0.39, 0.29) is 0 Å². The van der Waals surface area contributed by atoms with E-state index in [1.54, 1.807) is 0 Å². The normalized spacial score (nSPS) is 12.9. The van der Waals surface area contributed by atoms with Crippen LogP contribution in [0.15, 0.2) is 48.7 Å². The minimum absolute atomic E-state index is 0.585.